The molecule has 2 aromatic heterocycles. The third-order valence-corrected chi connectivity index (χ3v) is 3.29. The van der Waals surface area contributed by atoms with E-state index in [1.807, 2.05) is 31.2 Å². The van der Waals surface area contributed by atoms with Crippen LogP contribution in [-0.4, -0.2) is 9.38 Å². The number of aromatic nitrogens is 2. The molecule has 0 saturated carbocycles. The van der Waals surface area contributed by atoms with Gasteiger partial charge in [0.2, 0.25) is 0 Å². The Balaban J connectivity index is 2.62. The van der Waals surface area contributed by atoms with Gasteiger partial charge in [-0.05, 0) is 36.8 Å². The Labute approximate surface area is 106 Å². The van der Waals surface area contributed by atoms with Crippen molar-refractivity contribution < 1.29 is 0 Å². The van der Waals surface area contributed by atoms with E-state index >= 15 is 0 Å². The summed E-state index contributed by atoms with van der Waals surface area (Å²) >= 11 is 3.39. The predicted molar refractivity (Wildman–Crippen MR) is 71.4 cm³/mol. The molecule has 0 bridgehead atoms. The van der Waals surface area contributed by atoms with Crippen LogP contribution in [0.2, 0.25) is 0 Å². The lowest BCUT2D eigenvalue weighted by molar-refractivity contribution is 1.06. The summed E-state index contributed by atoms with van der Waals surface area (Å²) in [6, 6.07) is 9.32. The predicted octanol–water partition coefficient (Wildman–Crippen LogP) is 2.92. The molecule has 0 aliphatic rings. The minimum absolute atomic E-state index is 0.0267. The fourth-order valence-corrected chi connectivity index (χ4v) is 2.29. The second kappa shape index (κ2) is 3.67. The summed E-state index contributed by atoms with van der Waals surface area (Å²) in [6.45, 7) is 1.95. The number of fused-ring (bicyclic) bond motifs is 2. The van der Waals surface area contributed by atoms with Crippen molar-refractivity contribution in [2.45, 2.75) is 6.92 Å². The fraction of sp³-hybridized carbons (Fsp3) is 0.0769. The Hall–Kier alpha value is -1.68. The van der Waals surface area contributed by atoms with Gasteiger partial charge < -0.3 is 0 Å². The molecular weight excluding hydrogens is 280 g/mol. The molecule has 0 amide bonds. The average Bonchev–Trinajstić information content (AvgIpc) is 2.30. The van der Waals surface area contributed by atoms with Crippen molar-refractivity contribution in [2.24, 2.45) is 0 Å². The zero-order valence-corrected chi connectivity index (χ0v) is 10.7. The van der Waals surface area contributed by atoms with Crippen molar-refractivity contribution in [3.63, 3.8) is 0 Å². The molecule has 3 aromatic rings. The molecule has 2 heterocycles. The maximum absolute atomic E-state index is 12.3. The number of hydrogen-bond donors (Lipinski definition) is 0. The number of aryl methyl sites for hydroxylation is 1. The van der Waals surface area contributed by atoms with Gasteiger partial charge in [0.05, 0.1) is 10.9 Å². The minimum atomic E-state index is -0.0267. The topological polar surface area (TPSA) is 34.4 Å². The van der Waals surface area contributed by atoms with Crippen LogP contribution in [0.4, 0.5) is 0 Å². The fourth-order valence-electron chi connectivity index (χ4n) is 1.94. The van der Waals surface area contributed by atoms with E-state index in [-0.39, 0.29) is 5.56 Å². The van der Waals surface area contributed by atoms with Gasteiger partial charge in [-0.1, -0.05) is 22.0 Å². The van der Waals surface area contributed by atoms with Gasteiger partial charge in [0.1, 0.15) is 5.65 Å². The lowest BCUT2D eigenvalue weighted by Crippen LogP contribution is -2.15. The first-order valence-electron chi connectivity index (χ1n) is 5.24. The molecule has 1 aromatic carbocycles. The van der Waals surface area contributed by atoms with Crippen LogP contribution in [0.15, 0.2) is 45.8 Å². The van der Waals surface area contributed by atoms with Crippen LogP contribution in [0, 0.1) is 6.92 Å². The van der Waals surface area contributed by atoms with Crippen molar-refractivity contribution >= 4 is 32.5 Å². The number of nitrogens with zero attached hydrogens (tertiary/aromatic N) is 2. The maximum Gasteiger partial charge on any atom is 0.265 e. The lowest BCUT2D eigenvalue weighted by Gasteiger charge is -2.05. The monoisotopic (exact) mass is 288 g/mol. The molecule has 0 aliphatic carbocycles. The second-order valence-corrected chi connectivity index (χ2v) is 4.88. The highest BCUT2D eigenvalue weighted by Crippen LogP contribution is 2.17. The molecule has 0 atom stereocenters. The zero-order valence-electron chi connectivity index (χ0n) is 9.14. The molecule has 0 fully saturated rings. The largest absolute Gasteiger partial charge is 0.268 e. The second-order valence-electron chi connectivity index (χ2n) is 3.96. The third-order valence-electron chi connectivity index (χ3n) is 2.80. The van der Waals surface area contributed by atoms with Gasteiger partial charge in [-0.3, -0.25) is 9.20 Å². The number of benzene rings is 1. The van der Waals surface area contributed by atoms with Crippen LogP contribution in [0.3, 0.4) is 0 Å². The first-order chi connectivity index (χ1) is 8.16. The van der Waals surface area contributed by atoms with Crippen LogP contribution in [-0.2, 0) is 0 Å². The van der Waals surface area contributed by atoms with E-state index in [4.69, 9.17) is 0 Å². The Morgan fingerprint density at radius 1 is 1.29 bits per heavy atom. The normalized spacial score (nSPS) is 11.2. The van der Waals surface area contributed by atoms with Crippen LogP contribution in [0.1, 0.15) is 5.56 Å². The SMILES string of the molecule is Cc1cccn2c(=O)c3ccc(Br)cc3nc12. The molecule has 84 valence electrons. The van der Waals surface area contributed by atoms with Crippen molar-refractivity contribution in [3.8, 4) is 0 Å². The quantitative estimate of drug-likeness (QED) is 0.596. The lowest BCUT2D eigenvalue weighted by atomic mass is 10.2. The summed E-state index contributed by atoms with van der Waals surface area (Å²) in [6.07, 6.45) is 1.75. The number of rotatable bonds is 0. The summed E-state index contributed by atoms with van der Waals surface area (Å²) in [5, 5.41) is 0.635. The third kappa shape index (κ3) is 1.56. The number of pyridine rings is 1. The van der Waals surface area contributed by atoms with E-state index in [1.54, 1.807) is 16.7 Å². The van der Waals surface area contributed by atoms with Crippen LogP contribution >= 0.6 is 15.9 Å². The highest BCUT2D eigenvalue weighted by Gasteiger charge is 2.06. The summed E-state index contributed by atoms with van der Waals surface area (Å²) in [4.78, 5) is 16.8. The standard InChI is InChI=1S/C13H9BrN2O/c1-8-3-2-6-16-12(8)15-11-7-9(14)4-5-10(11)13(16)17/h2-7H,1H3. The Bertz CT molecular complexity index is 792. The van der Waals surface area contributed by atoms with Gasteiger partial charge in [0.15, 0.2) is 0 Å². The van der Waals surface area contributed by atoms with Gasteiger partial charge in [-0.15, -0.1) is 0 Å². The molecule has 3 nitrogen and oxygen atoms in total. The van der Waals surface area contributed by atoms with Crippen LogP contribution in [0.5, 0.6) is 0 Å². The minimum Gasteiger partial charge on any atom is -0.268 e. The van der Waals surface area contributed by atoms with Gasteiger partial charge >= 0.3 is 0 Å². The van der Waals surface area contributed by atoms with Gasteiger partial charge in [0, 0.05) is 10.7 Å². The first kappa shape index (κ1) is 10.5. The van der Waals surface area contributed by atoms with E-state index < -0.39 is 0 Å². The number of halogens is 1. The number of hydrogen-bond acceptors (Lipinski definition) is 2. The molecule has 3 rings (SSSR count). The Morgan fingerprint density at radius 3 is 2.94 bits per heavy atom. The molecular formula is C13H9BrN2O. The van der Waals surface area contributed by atoms with Crippen molar-refractivity contribution in [2.75, 3.05) is 0 Å². The van der Waals surface area contributed by atoms with E-state index in [1.165, 1.54) is 0 Å². The summed E-state index contributed by atoms with van der Waals surface area (Å²) in [5.41, 5.74) is 2.40. The molecule has 17 heavy (non-hydrogen) atoms. The Kier molecular flexibility index (Phi) is 2.26. The summed E-state index contributed by atoms with van der Waals surface area (Å²) in [5.74, 6) is 0. The maximum atomic E-state index is 12.3. The molecule has 0 N–H and O–H groups in total. The Morgan fingerprint density at radius 2 is 2.12 bits per heavy atom. The summed E-state index contributed by atoms with van der Waals surface area (Å²) < 4.78 is 2.51. The highest BCUT2D eigenvalue weighted by molar-refractivity contribution is 9.10. The van der Waals surface area contributed by atoms with E-state index in [0.717, 1.165) is 15.6 Å². The molecule has 0 aliphatic heterocycles. The highest BCUT2D eigenvalue weighted by atomic mass is 79.9. The molecule has 0 saturated heterocycles. The van der Waals surface area contributed by atoms with E-state index in [2.05, 4.69) is 20.9 Å². The van der Waals surface area contributed by atoms with E-state index in [9.17, 15) is 4.79 Å². The van der Waals surface area contributed by atoms with Gasteiger partial charge in [-0.2, -0.15) is 0 Å². The van der Waals surface area contributed by atoms with Gasteiger partial charge in [-0.25, -0.2) is 4.98 Å². The molecule has 0 spiro atoms. The van der Waals surface area contributed by atoms with Crippen molar-refractivity contribution in [1.29, 1.82) is 0 Å². The zero-order chi connectivity index (χ0) is 12.0. The van der Waals surface area contributed by atoms with E-state index in [0.29, 0.717) is 11.0 Å². The molecule has 4 heteroatoms. The van der Waals surface area contributed by atoms with Gasteiger partial charge in [0.25, 0.3) is 5.56 Å². The first-order valence-corrected chi connectivity index (χ1v) is 6.03. The van der Waals surface area contributed by atoms with Crippen molar-refractivity contribution in [3.05, 3.63) is 56.9 Å². The smallest absolute Gasteiger partial charge is 0.265 e. The van der Waals surface area contributed by atoms with Crippen LogP contribution in [0.25, 0.3) is 16.6 Å². The van der Waals surface area contributed by atoms with Crippen molar-refractivity contribution in [1.82, 2.24) is 9.38 Å². The van der Waals surface area contributed by atoms with Crippen LogP contribution < -0.4 is 5.56 Å². The molecule has 0 unspecified atom stereocenters. The molecule has 0 radical (unpaired) electrons. The summed E-state index contributed by atoms with van der Waals surface area (Å²) in [7, 11) is 0. The average molecular weight is 289 g/mol.